The second-order valence-corrected chi connectivity index (χ2v) is 7.18. The smallest absolute Gasteiger partial charge is 0.222 e. The Kier molecular flexibility index (Phi) is 10.3. The van der Waals surface area contributed by atoms with Crippen LogP contribution in [0.2, 0.25) is 0 Å². The lowest BCUT2D eigenvalue weighted by Crippen LogP contribution is -2.34. The van der Waals surface area contributed by atoms with E-state index in [0.29, 0.717) is 24.8 Å². The number of piperidine rings is 1. The molecule has 1 aromatic heterocycles. The molecule has 1 N–H and O–H groups in total. The Bertz CT molecular complexity index is 450. The monoisotopic (exact) mass is 367 g/mol. The molecular weight excluding hydrogens is 341 g/mol. The highest BCUT2D eigenvalue weighted by atomic mass is 35.5. The number of amides is 1. The van der Waals surface area contributed by atoms with Crippen molar-refractivity contribution in [3.05, 3.63) is 16.1 Å². The number of aryl methyl sites for hydroxylation is 1. The number of nitrogens with one attached hydrogen (secondary N) is 1. The van der Waals surface area contributed by atoms with Crippen LogP contribution in [0.25, 0.3) is 0 Å². The van der Waals surface area contributed by atoms with E-state index < -0.39 is 0 Å². The lowest BCUT2D eigenvalue weighted by Gasteiger charge is -2.29. The van der Waals surface area contributed by atoms with Gasteiger partial charge in [0, 0.05) is 24.5 Å². The molecule has 2 heterocycles. The number of carbonyl (C=O) groups is 1. The third-order valence-electron chi connectivity index (χ3n) is 4.17. The van der Waals surface area contributed by atoms with Crippen molar-refractivity contribution in [3.8, 4) is 0 Å². The van der Waals surface area contributed by atoms with E-state index in [-0.39, 0.29) is 30.7 Å². The Morgan fingerprint density at radius 2 is 2.09 bits per heavy atom. The van der Waals surface area contributed by atoms with Gasteiger partial charge in [-0.3, -0.25) is 4.79 Å². The first-order chi connectivity index (χ1) is 9.56. The van der Waals surface area contributed by atoms with Gasteiger partial charge in [0.2, 0.25) is 5.91 Å². The first-order valence-electron chi connectivity index (χ1n) is 7.42. The van der Waals surface area contributed by atoms with Crippen molar-refractivity contribution >= 4 is 42.1 Å². The zero-order valence-electron chi connectivity index (χ0n) is 13.5. The van der Waals surface area contributed by atoms with Crippen molar-refractivity contribution in [2.45, 2.75) is 39.7 Å². The number of hydrogen-bond donors (Lipinski definition) is 1. The van der Waals surface area contributed by atoms with Crippen molar-refractivity contribution in [1.29, 1.82) is 0 Å². The summed E-state index contributed by atoms with van der Waals surface area (Å²) in [6.45, 7) is 7.09. The summed E-state index contributed by atoms with van der Waals surface area (Å²) in [4.78, 5) is 19.5. The SMILES string of the molecule is Cc1ncc(CN(C)C(=O)CC(C)C2CCNCC2)s1.Cl.Cl. The van der Waals surface area contributed by atoms with Gasteiger partial charge in [-0.05, 0) is 44.7 Å². The van der Waals surface area contributed by atoms with E-state index >= 15 is 0 Å². The maximum Gasteiger partial charge on any atom is 0.222 e. The van der Waals surface area contributed by atoms with Gasteiger partial charge in [-0.1, -0.05) is 6.92 Å². The summed E-state index contributed by atoms with van der Waals surface area (Å²) >= 11 is 1.67. The van der Waals surface area contributed by atoms with Crippen LogP contribution in [-0.4, -0.2) is 35.9 Å². The Labute approximate surface area is 149 Å². The molecule has 22 heavy (non-hydrogen) atoms. The fourth-order valence-electron chi connectivity index (χ4n) is 2.81. The van der Waals surface area contributed by atoms with E-state index in [2.05, 4.69) is 17.2 Å². The summed E-state index contributed by atoms with van der Waals surface area (Å²) in [5, 5.41) is 4.44. The molecule has 1 atom stereocenters. The van der Waals surface area contributed by atoms with Crippen LogP contribution in [0, 0.1) is 18.8 Å². The summed E-state index contributed by atoms with van der Waals surface area (Å²) in [5.41, 5.74) is 0. The minimum absolute atomic E-state index is 0. The van der Waals surface area contributed by atoms with Crippen molar-refractivity contribution in [1.82, 2.24) is 15.2 Å². The Hall–Kier alpha value is -0.360. The molecule has 0 aromatic carbocycles. The molecule has 0 bridgehead atoms. The van der Waals surface area contributed by atoms with Gasteiger partial charge < -0.3 is 10.2 Å². The summed E-state index contributed by atoms with van der Waals surface area (Å²) in [5.74, 6) is 1.43. The Morgan fingerprint density at radius 3 is 2.64 bits per heavy atom. The molecule has 1 aromatic rings. The molecule has 1 unspecified atom stereocenters. The maximum absolute atomic E-state index is 12.3. The number of thiazole rings is 1. The molecule has 2 rings (SSSR count). The van der Waals surface area contributed by atoms with Gasteiger partial charge in [-0.2, -0.15) is 0 Å². The zero-order chi connectivity index (χ0) is 14.5. The molecule has 7 heteroatoms. The van der Waals surface area contributed by atoms with Gasteiger partial charge in [-0.25, -0.2) is 4.98 Å². The predicted octanol–water partition coefficient (Wildman–Crippen LogP) is 3.28. The summed E-state index contributed by atoms with van der Waals surface area (Å²) < 4.78 is 0. The predicted molar refractivity (Wildman–Crippen MR) is 97.2 cm³/mol. The Balaban J connectivity index is 0.00000220. The number of aromatic nitrogens is 1. The third-order valence-corrected chi connectivity index (χ3v) is 5.07. The highest BCUT2D eigenvalue weighted by molar-refractivity contribution is 7.11. The van der Waals surface area contributed by atoms with Crippen LogP contribution in [0.3, 0.4) is 0 Å². The van der Waals surface area contributed by atoms with Crippen LogP contribution < -0.4 is 5.32 Å². The van der Waals surface area contributed by atoms with Crippen LogP contribution in [0.4, 0.5) is 0 Å². The van der Waals surface area contributed by atoms with E-state index in [9.17, 15) is 4.79 Å². The molecule has 0 spiro atoms. The van der Waals surface area contributed by atoms with Crippen LogP contribution in [0.15, 0.2) is 6.20 Å². The van der Waals surface area contributed by atoms with Gasteiger partial charge >= 0.3 is 0 Å². The second-order valence-electron chi connectivity index (χ2n) is 5.86. The maximum atomic E-state index is 12.3. The van der Waals surface area contributed by atoms with Crippen molar-refractivity contribution in [3.63, 3.8) is 0 Å². The van der Waals surface area contributed by atoms with E-state index in [4.69, 9.17) is 0 Å². The number of nitrogens with zero attached hydrogens (tertiary/aromatic N) is 2. The average Bonchev–Trinajstić information content (AvgIpc) is 2.85. The van der Waals surface area contributed by atoms with Gasteiger partial charge in [0.1, 0.15) is 0 Å². The molecule has 1 fully saturated rings. The quantitative estimate of drug-likeness (QED) is 0.868. The summed E-state index contributed by atoms with van der Waals surface area (Å²) in [6.07, 6.45) is 4.94. The molecule has 1 aliphatic heterocycles. The number of halogens is 2. The van der Waals surface area contributed by atoms with E-state index in [1.165, 1.54) is 12.8 Å². The first-order valence-corrected chi connectivity index (χ1v) is 8.24. The molecule has 1 aliphatic rings. The van der Waals surface area contributed by atoms with E-state index in [1.807, 2.05) is 25.1 Å². The average molecular weight is 368 g/mol. The summed E-state index contributed by atoms with van der Waals surface area (Å²) in [6, 6.07) is 0. The summed E-state index contributed by atoms with van der Waals surface area (Å²) in [7, 11) is 1.90. The molecule has 0 aliphatic carbocycles. The van der Waals surface area contributed by atoms with Gasteiger partial charge in [0.15, 0.2) is 0 Å². The fourth-order valence-corrected chi connectivity index (χ4v) is 3.66. The molecule has 1 saturated heterocycles. The molecule has 0 radical (unpaired) electrons. The fraction of sp³-hybridized carbons (Fsp3) is 0.733. The van der Waals surface area contributed by atoms with Crippen molar-refractivity contribution in [2.24, 2.45) is 11.8 Å². The standard InChI is InChI=1S/C15H25N3OS.2ClH/c1-11(13-4-6-16-7-5-13)8-15(19)18(3)10-14-9-17-12(2)20-14;;/h9,11,13,16H,4-8,10H2,1-3H3;2*1H. The number of rotatable bonds is 5. The second kappa shape index (κ2) is 10.4. The van der Waals surface area contributed by atoms with Crippen LogP contribution in [0.1, 0.15) is 36.1 Å². The molecule has 4 nitrogen and oxygen atoms in total. The topological polar surface area (TPSA) is 45.2 Å². The van der Waals surface area contributed by atoms with Gasteiger partial charge in [-0.15, -0.1) is 36.2 Å². The zero-order valence-corrected chi connectivity index (χ0v) is 16.0. The van der Waals surface area contributed by atoms with Crippen LogP contribution >= 0.6 is 36.2 Å². The molecule has 1 amide bonds. The van der Waals surface area contributed by atoms with Gasteiger partial charge in [0.05, 0.1) is 11.6 Å². The number of hydrogen-bond acceptors (Lipinski definition) is 4. The molecular formula is C15H27Cl2N3OS. The third kappa shape index (κ3) is 6.41. The lowest BCUT2D eigenvalue weighted by atomic mass is 9.84. The van der Waals surface area contributed by atoms with Crippen molar-refractivity contribution < 1.29 is 4.79 Å². The first kappa shape index (κ1) is 21.6. The highest BCUT2D eigenvalue weighted by Crippen LogP contribution is 2.25. The van der Waals surface area contributed by atoms with Gasteiger partial charge in [0.25, 0.3) is 0 Å². The Morgan fingerprint density at radius 1 is 1.45 bits per heavy atom. The molecule has 0 saturated carbocycles. The normalized spacial score (nSPS) is 16.3. The minimum atomic E-state index is 0. The van der Waals surface area contributed by atoms with E-state index in [1.54, 1.807) is 11.3 Å². The minimum Gasteiger partial charge on any atom is -0.341 e. The highest BCUT2D eigenvalue weighted by Gasteiger charge is 2.23. The van der Waals surface area contributed by atoms with Crippen molar-refractivity contribution in [2.75, 3.05) is 20.1 Å². The molecule has 128 valence electrons. The number of carbonyl (C=O) groups excluding carboxylic acids is 1. The lowest BCUT2D eigenvalue weighted by molar-refractivity contribution is -0.131. The van der Waals surface area contributed by atoms with E-state index in [0.717, 1.165) is 23.0 Å². The van der Waals surface area contributed by atoms with Crippen LogP contribution in [-0.2, 0) is 11.3 Å². The largest absolute Gasteiger partial charge is 0.341 e. The van der Waals surface area contributed by atoms with Crippen LogP contribution in [0.5, 0.6) is 0 Å².